The molecule has 2 aliphatic rings. The second-order valence-electron chi connectivity index (χ2n) is 8.64. The highest BCUT2D eigenvalue weighted by atomic mass is 32.2. The van der Waals surface area contributed by atoms with Crippen molar-refractivity contribution in [1.82, 2.24) is 4.90 Å². The Kier molecular flexibility index (Phi) is 5.14. The van der Waals surface area contributed by atoms with Crippen LogP contribution in [0.3, 0.4) is 0 Å². The molecule has 3 heteroatoms. The number of thioether (sulfide) groups is 1. The van der Waals surface area contributed by atoms with Crippen molar-refractivity contribution >= 4 is 11.8 Å². The normalized spacial score (nSPS) is 36.0. The Morgan fingerprint density at radius 3 is 2.55 bits per heavy atom. The van der Waals surface area contributed by atoms with Gasteiger partial charge in [-0.1, -0.05) is 20.8 Å². The molecule has 1 saturated carbocycles. The number of nitrogens with two attached hydrogens (primary N) is 1. The van der Waals surface area contributed by atoms with Gasteiger partial charge in [0.05, 0.1) is 0 Å². The Bertz CT molecular complexity index is 321. The van der Waals surface area contributed by atoms with Crippen molar-refractivity contribution in [3.8, 4) is 0 Å². The standard InChI is InChI=1S/C17H34N2S/c1-16(2,3)14-6-7-15(18)13(10-14)11-19-8-9-20-17(4,5)12-19/h13-15H,6-12,18H2,1-5H3. The highest BCUT2D eigenvalue weighted by molar-refractivity contribution is 8.00. The van der Waals surface area contributed by atoms with Gasteiger partial charge in [-0.25, -0.2) is 0 Å². The van der Waals surface area contributed by atoms with Crippen LogP contribution in [0.1, 0.15) is 53.9 Å². The fourth-order valence-electron chi connectivity index (χ4n) is 3.89. The van der Waals surface area contributed by atoms with Gasteiger partial charge >= 0.3 is 0 Å². The molecule has 0 bridgehead atoms. The van der Waals surface area contributed by atoms with Crippen molar-refractivity contribution in [3.05, 3.63) is 0 Å². The van der Waals surface area contributed by atoms with Crippen LogP contribution in [0.5, 0.6) is 0 Å². The Labute approximate surface area is 130 Å². The van der Waals surface area contributed by atoms with Gasteiger partial charge in [0.1, 0.15) is 0 Å². The van der Waals surface area contributed by atoms with Crippen molar-refractivity contribution in [3.63, 3.8) is 0 Å². The van der Waals surface area contributed by atoms with Crippen LogP contribution >= 0.6 is 11.8 Å². The van der Waals surface area contributed by atoms with E-state index in [-0.39, 0.29) is 0 Å². The molecule has 118 valence electrons. The topological polar surface area (TPSA) is 29.3 Å². The van der Waals surface area contributed by atoms with Crippen molar-refractivity contribution in [2.24, 2.45) is 23.0 Å². The zero-order valence-corrected chi connectivity index (χ0v) is 14.9. The lowest BCUT2D eigenvalue weighted by molar-refractivity contribution is 0.0974. The van der Waals surface area contributed by atoms with Gasteiger partial charge in [0, 0.05) is 36.2 Å². The van der Waals surface area contributed by atoms with Gasteiger partial charge < -0.3 is 10.6 Å². The summed E-state index contributed by atoms with van der Waals surface area (Å²) in [5, 5.41) is 0. The SMILES string of the molecule is CC1(C)CN(CC2CC(C(C)(C)C)CCC2N)CCS1. The Morgan fingerprint density at radius 1 is 1.25 bits per heavy atom. The fourth-order valence-corrected chi connectivity index (χ4v) is 5.06. The van der Waals surface area contributed by atoms with Crippen LogP contribution in [0.2, 0.25) is 0 Å². The first-order valence-electron chi connectivity index (χ1n) is 8.29. The summed E-state index contributed by atoms with van der Waals surface area (Å²) in [7, 11) is 0. The molecule has 3 unspecified atom stereocenters. The maximum atomic E-state index is 6.44. The third-order valence-corrected chi connectivity index (χ3v) is 6.56. The average Bonchev–Trinajstić information content (AvgIpc) is 2.29. The molecule has 0 aromatic heterocycles. The third kappa shape index (κ3) is 4.38. The zero-order chi connectivity index (χ0) is 15.0. The van der Waals surface area contributed by atoms with Gasteiger partial charge in [0.15, 0.2) is 0 Å². The summed E-state index contributed by atoms with van der Waals surface area (Å²) in [5.41, 5.74) is 6.88. The summed E-state index contributed by atoms with van der Waals surface area (Å²) in [4.78, 5) is 2.67. The Balaban J connectivity index is 1.93. The van der Waals surface area contributed by atoms with E-state index in [0.29, 0.717) is 22.1 Å². The molecule has 2 rings (SSSR count). The third-order valence-electron chi connectivity index (χ3n) is 5.26. The first kappa shape index (κ1) is 16.6. The smallest absolute Gasteiger partial charge is 0.0231 e. The average molecular weight is 299 g/mol. The van der Waals surface area contributed by atoms with E-state index >= 15 is 0 Å². The van der Waals surface area contributed by atoms with Crippen molar-refractivity contribution in [1.29, 1.82) is 0 Å². The summed E-state index contributed by atoms with van der Waals surface area (Å²) < 4.78 is 0.417. The summed E-state index contributed by atoms with van der Waals surface area (Å²) in [5.74, 6) is 2.82. The number of hydrogen-bond donors (Lipinski definition) is 1. The summed E-state index contributed by atoms with van der Waals surface area (Å²) in [6.45, 7) is 15.6. The van der Waals surface area contributed by atoms with Crippen molar-refractivity contribution in [2.45, 2.75) is 64.7 Å². The lowest BCUT2D eigenvalue weighted by Crippen LogP contribution is -2.50. The zero-order valence-electron chi connectivity index (χ0n) is 14.1. The van der Waals surface area contributed by atoms with E-state index < -0.39 is 0 Å². The molecule has 0 spiro atoms. The largest absolute Gasteiger partial charge is 0.327 e. The lowest BCUT2D eigenvalue weighted by Gasteiger charge is -2.44. The Morgan fingerprint density at radius 2 is 1.95 bits per heavy atom. The van der Waals surface area contributed by atoms with E-state index in [0.717, 1.165) is 5.92 Å². The van der Waals surface area contributed by atoms with Gasteiger partial charge in [-0.2, -0.15) is 11.8 Å². The molecular formula is C17H34N2S. The second-order valence-corrected chi connectivity index (χ2v) is 10.4. The van der Waals surface area contributed by atoms with E-state index in [1.165, 1.54) is 44.6 Å². The van der Waals surface area contributed by atoms with Crippen LogP contribution in [-0.2, 0) is 0 Å². The van der Waals surface area contributed by atoms with Crippen molar-refractivity contribution in [2.75, 3.05) is 25.4 Å². The van der Waals surface area contributed by atoms with E-state index in [4.69, 9.17) is 5.73 Å². The minimum absolute atomic E-state index is 0.417. The predicted octanol–water partition coefficient (Wildman–Crippen LogP) is 3.60. The molecule has 20 heavy (non-hydrogen) atoms. The summed E-state index contributed by atoms with van der Waals surface area (Å²) >= 11 is 2.12. The lowest BCUT2D eigenvalue weighted by atomic mass is 9.67. The van der Waals surface area contributed by atoms with Crippen LogP contribution in [-0.4, -0.2) is 41.1 Å². The molecule has 1 aliphatic carbocycles. The predicted molar refractivity (Wildman–Crippen MR) is 91.2 cm³/mol. The maximum Gasteiger partial charge on any atom is 0.0231 e. The molecular weight excluding hydrogens is 264 g/mol. The molecule has 1 saturated heterocycles. The van der Waals surface area contributed by atoms with Gasteiger partial charge in [-0.3, -0.25) is 0 Å². The molecule has 0 aromatic carbocycles. The van der Waals surface area contributed by atoms with E-state index in [1.54, 1.807) is 0 Å². The van der Waals surface area contributed by atoms with Crippen LogP contribution in [0.25, 0.3) is 0 Å². The van der Waals surface area contributed by atoms with E-state index in [1.807, 2.05) is 0 Å². The molecule has 1 heterocycles. The highest BCUT2D eigenvalue weighted by Gasteiger charge is 2.36. The quantitative estimate of drug-likeness (QED) is 0.844. The molecule has 2 nitrogen and oxygen atoms in total. The molecule has 0 aromatic rings. The monoisotopic (exact) mass is 298 g/mol. The summed E-state index contributed by atoms with van der Waals surface area (Å²) in [6, 6.07) is 0.422. The van der Waals surface area contributed by atoms with Crippen LogP contribution in [0, 0.1) is 17.3 Å². The first-order valence-corrected chi connectivity index (χ1v) is 9.28. The van der Waals surface area contributed by atoms with Crippen LogP contribution in [0.4, 0.5) is 0 Å². The molecule has 3 atom stereocenters. The molecule has 1 aliphatic heterocycles. The number of rotatable bonds is 2. The first-order chi connectivity index (χ1) is 9.17. The number of hydrogen-bond acceptors (Lipinski definition) is 3. The van der Waals surface area contributed by atoms with E-state index in [9.17, 15) is 0 Å². The molecule has 0 radical (unpaired) electrons. The summed E-state index contributed by atoms with van der Waals surface area (Å²) in [6.07, 6.45) is 3.87. The van der Waals surface area contributed by atoms with Crippen LogP contribution in [0.15, 0.2) is 0 Å². The van der Waals surface area contributed by atoms with Gasteiger partial charge in [-0.15, -0.1) is 0 Å². The minimum Gasteiger partial charge on any atom is -0.327 e. The Hall–Kier alpha value is 0.270. The van der Waals surface area contributed by atoms with Gasteiger partial charge in [-0.05, 0) is 50.4 Å². The van der Waals surface area contributed by atoms with Gasteiger partial charge in [0.2, 0.25) is 0 Å². The van der Waals surface area contributed by atoms with Crippen LogP contribution < -0.4 is 5.73 Å². The molecule has 2 N–H and O–H groups in total. The fraction of sp³-hybridized carbons (Fsp3) is 1.00. The van der Waals surface area contributed by atoms with Crippen molar-refractivity contribution < 1.29 is 0 Å². The number of nitrogens with zero attached hydrogens (tertiary/aromatic N) is 1. The molecule has 0 amide bonds. The second kappa shape index (κ2) is 6.18. The minimum atomic E-state index is 0.417. The highest BCUT2D eigenvalue weighted by Crippen LogP contribution is 2.40. The molecule has 2 fully saturated rings. The van der Waals surface area contributed by atoms with Gasteiger partial charge in [0.25, 0.3) is 0 Å². The van der Waals surface area contributed by atoms with E-state index in [2.05, 4.69) is 51.3 Å². The maximum absolute atomic E-state index is 6.44.